The van der Waals surface area contributed by atoms with Gasteiger partial charge in [0.1, 0.15) is 6.29 Å². The molecule has 2 rings (SSSR count). The highest BCUT2D eigenvalue weighted by molar-refractivity contribution is 5.78. The fraction of sp³-hybridized carbons (Fsp3) is 0.235. The van der Waals surface area contributed by atoms with Crippen LogP contribution in [-0.4, -0.2) is 24.3 Å². The Morgan fingerprint density at radius 3 is 2.29 bits per heavy atom. The number of hydrogen-bond acceptors (Lipinski definition) is 6. The average Bonchev–Trinajstić information content (AvgIpc) is 2.61. The van der Waals surface area contributed by atoms with E-state index in [0.717, 1.165) is 18.8 Å². The standard InChI is InChI=1S/C17H18N4O3/c1-3-20(4-2)15-8-6-14(7-9-15)18-19-16-10-5-13(12-22)11-17(16)21(23)24/h5-12H,3-4H2,1-2H3. The molecule has 7 nitrogen and oxygen atoms in total. The third kappa shape index (κ3) is 4.01. The van der Waals surface area contributed by atoms with Gasteiger partial charge in [0.2, 0.25) is 0 Å². The van der Waals surface area contributed by atoms with Crippen LogP contribution in [0.3, 0.4) is 0 Å². The van der Waals surface area contributed by atoms with E-state index >= 15 is 0 Å². The van der Waals surface area contributed by atoms with E-state index in [1.54, 1.807) is 0 Å². The molecular weight excluding hydrogens is 308 g/mol. The summed E-state index contributed by atoms with van der Waals surface area (Å²) < 4.78 is 0. The van der Waals surface area contributed by atoms with Gasteiger partial charge >= 0.3 is 0 Å². The van der Waals surface area contributed by atoms with Crippen molar-refractivity contribution in [2.24, 2.45) is 10.2 Å². The molecule has 0 unspecified atom stereocenters. The lowest BCUT2D eigenvalue weighted by atomic mass is 10.2. The lowest BCUT2D eigenvalue weighted by molar-refractivity contribution is -0.384. The van der Waals surface area contributed by atoms with Gasteiger partial charge in [-0.3, -0.25) is 14.9 Å². The summed E-state index contributed by atoms with van der Waals surface area (Å²) in [7, 11) is 0. The SMILES string of the molecule is CCN(CC)c1ccc(N=Nc2ccc(C=O)cc2[N+](=O)[O-])cc1. The lowest BCUT2D eigenvalue weighted by Gasteiger charge is -2.20. The van der Waals surface area contributed by atoms with Gasteiger partial charge in [-0.15, -0.1) is 5.11 Å². The first kappa shape index (κ1) is 17.3. The third-order valence-electron chi connectivity index (χ3n) is 3.58. The zero-order chi connectivity index (χ0) is 17.5. The summed E-state index contributed by atoms with van der Waals surface area (Å²) >= 11 is 0. The smallest absolute Gasteiger partial charge is 0.297 e. The molecule has 0 N–H and O–H groups in total. The van der Waals surface area contributed by atoms with Crippen LogP contribution in [0.2, 0.25) is 0 Å². The summed E-state index contributed by atoms with van der Waals surface area (Å²) in [5, 5.41) is 19.1. The Bertz CT molecular complexity index is 753. The van der Waals surface area contributed by atoms with Crippen LogP contribution in [0.1, 0.15) is 24.2 Å². The third-order valence-corrected chi connectivity index (χ3v) is 3.58. The molecule has 2 aromatic rings. The molecule has 0 spiro atoms. The van der Waals surface area contributed by atoms with E-state index in [1.165, 1.54) is 18.2 Å². The van der Waals surface area contributed by atoms with E-state index in [9.17, 15) is 14.9 Å². The van der Waals surface area contributed by atoms with Gasteiger partial charge in [0, 0.05) is 30.4 Å². The lowest BCUT2D eigenvalue weighted by Crippen LogP contribution is -2.21. The zero-order valence-electron chi connectivity index (χ0n) is 13.5. The second-order valence-corrected chi connectivity index (χ2v) is 5.01. The highest BCUT2D eigenvalue weighted by Crippen LogP contribution is 2.30. The molecule has 0 aliphatic rings. The zero-order valence-corrected chi connectivity index (χ0v) is 13.5. The van der Waals surface area contributed by atoms with Crippen molar-refractivity contribution in [3.05, 3.63) is 58.1 Å². The van der Waals surface area contributed by atoms with Gasteiger partial charge in [-0.2, -0.15) is 5.11 Å². The molecule has 0 aliphatic heterocycles. The maximum Gasteiger partial charge on any atom is 0.297 e. The van der Waals surface area contributed by atoms with Crippen LogP contribution in [0.25, 0.3) is 0 Å². The Morgan fingerprint density at radius 2 is 1.75 bits per heavy atom. The van der Waals surface area contributed by atoms with Gasteiger partial charge < -0.3 is 4.90 Å². The van der Waals surface area contributed by atoms with Crippen molar-refractivity contribution in [2.75, 3.05) is 18.0 Å². The fourth-order valence-corrected chi connectivity index (χ4v) is 2.28. The van der Waals surface area contributed by atoms with E-state index in [2.05, 4.69) is 29.0 Å². The molecule has 0 fully saturated rings. The van der Waals surface area contributed by atoms with E-state index in [-0.39, 0.29) is 16.9 Å². The minimum Gasteiger partial charge on any atom is -0.372 e. The molecule has 0 aromatic heterocycles. The van der Waals surface area contributed by atoms with Crippen LogP contribution in [0.15, 0.2) is 52.7 Å². The van der Waals surface area contributed by atoms with Crippen molar-refractivity contribution >= 4 is 29.0 Å². The number of carbonyl (C=O) groups is 1. The second kappa shape index (κ2) is 7.96. The van der Waals surface area contributed by atoms with Crippen molar-refractivity contribution in [1.82, 2.24) is 0 Å². The Morgan fingerprint density at radius 1 is 1.08 bits per heavy atom. The molecule has 0 radical (unpaired) electrons. The van der Waals surface area contributed by atoms with Crippen molar-refractivity contribution < 1.29 is 9.72 Å². The molecule has 2 aromatic carbocycles. The van der Waals surface area contributed by atoms with Crippen LogP contribution in [0, 0.1) is 10.1 Å². The molecule has 0 bridgehead atoms. The summed E-state index contributed by atoms with van der Waals surface area (Å²) in [4.78, 5) is 23.4. The Hall–Kier alpha value is -3.09. The summed E-state index contributed by atoms with van der Waals surface area (Å²) in [6.45, 7) is 5.98. The number of azo groups is 1. The predicted molar refractivity (Wildman–Crippen MR) is 92.7 cm³/mol. The number of nitrogens with zero attached hydrogens (tertiary/aromatic N) is 4. The molecular formula is C17H18N4O3. The number of anilines is 1. The Labute approximate surface area is 139 Å². The number of hydrogen-bond donors (Lipinski definition) is 0. The van der Waals surface area contributed by atoms with E-state index in [1.807, 2.05) is 24.3 Å². The van der Waals surface area contributed by atoms with Crippen LogP contribution < -0.4 is 4.90 Å². The topological polar surface area (TPSA) is 88.2 Å². The van der Waals surface area contributed by atoms with Gasteiger partial charge in [-0.05, 0) is 50.2 Å². The minimum absolute atomic E-state index is 0.110. The highest BCUT2D eigenvalue weighted by atomic mass is 16.6. The quantitative estimate of drug-likeness (QED) is 0.320. The first-order valence-corrected chi connectivity index (χ1v) is 7.59. The monoisotopic (exact) mass is 326 g/mol. The van der Waals surface area contributed by atoms with Crippen molar-refractivity contribution in [2.45, 2.75) is 13.8 Å². The maximum absolute atomic E-state index is 11.1. The number of rotatable bonds is 7. The molecule has 0 aliphatic carbocycles. The van der Waals surface area contributed by atoms with Gasteiger partial charge in [0.05, 0.1) is 10.6 Å². The van der Waals surface area contributed by atoms with Gasteiger partial charge in [0.25, 0.3) is 5.69 Å². The van der Waals surface area contributed by atoms with E-state index < -0.39 is 4.92 Å². The summed E-state index contributed by atoms with van der Waals surface area (Å²) in [5.74, 6) is 0. The molecule has 0 saturated carbocycles. The summed E-state index contributed by atoms with van der Waals surface area (Å²) in [5.41, 5.74) is 1.77. The molecule has 0 saturated heterocycles. The molecule has 24 heavy (non-hydrogen) atoms. The molecule has 124 valence electrons. The van der Waals surface area contributed by atoms with Crippen LogP contribution in [0.4, 0.5) is 22.7 Å². The first-order valence-electron chi connectivity index (χ1n) is 7.59. The van der Waals surface area contributed by atoms with Gasteiger partial charge in [0.15, 0.2) is 5.69 Å². The molecule has 0 amide bonds. The second-order valence-electron chi connectivity index (χ2n) is 5.01. The fourth-order valence-electron chi connectivity index (χ4n) is 2.28. The molecule has 0 heterocycles. The Kier molecular flexibility index (Phi) is 5.73. The van der Waals surface area contributed by atoms with Gasteiger partial charge in [-0.1, -0.05) is 0 Å². The largest absolute Gasteiger partial charge is 0.372 e. The van der Waals surface area contributed by atoms with Crippen LogP contribution >= 0.6 is 0 Å². The summed E-state index contributed by atoms with van der Waals surface area (Å²) in [6, 6.07) is 11.6. The number of nitro groups is 1. The van der Waals surface area contributed by atoms with Crippen molar-refractivity contribution in [3.8, 4) is 0 Å². The number of benzene rings is 2. The minimum atomic E-state index is -0.579. The van der Waals surface area contributed by atoms with Crippen LogP contribution in [-0.2, 0) is 0 Å². The normalized spacial score (nSPS) is 10.8. The van der Waals surface area contributed by atoms with Crippen molar-refractivity contribution in [3.63, 3.8) is 0 Å². The van der Waals surface area contributed by atoms with E-state index in [4.69, 9.17) is 0 Å². The average molecular weight is 326 g/mol. The van der Waals surface area contributed by atoms with E-state index in [0.29, 0.717) is 12.0 Å². The number of carbonyl (C=O) groups excluding carboxylic acids is 1. The molecule has 7 heteroatoms. The number of aldehydes is 1. The van der Waals surface area contributed by atoms with Gasteiger partial charge in [-0.25, -0.2) is 0 Å². The van der Waals surface area contributed by atoms with Crippen molar-refractivity contribution in [1.29, 1.82) is 0 Å². The Balaban J connectivity index is 2.25. The predicted octanol–water partition coefficient (Wildman–Crippen LogP) is 4.67. The molecule has 0 atom stereocenters. The van der Waals surface area contributed by atoms with Crippen LogP contribution in [0.5, 0.6) is 0 Å². The first-order chi connectivity index (χ1) is 11.6. The number of nitro benzene ring substituents is 1. The maximum atomic E-state index is 11.1. The highest BCUT2D eigenvalue weighted by Gasteiger charge is 2.14. The summed E-state index contributed by atoms with van der Waals surface area (Å²) in [6.07, 6.45) is 0.555.